The van der Waals surface area contributed by atoms with Crippen molar-refractivity contribution in [2.24, 2.45) is 34.3 Å². The SMILES string of the molecule is CCC(CC1(C(C)=O)CC1C(=O)[C@H](C(C)C)N(C)C(=O)[C@H]1CCN(C(=O)C#CCN2CCOCC2)C1)S/C=C(\N)c1ccc2c(c1)c1c(n2CC)-c2cccnc2[C@@H](OC)C1C(C)(C)COC(=O)[C@@H]1CCCNN1. The third-order valence-electron chi connectivity index (χ3n) is 16.4. The van der Waals surface area contributed by atoms with Crippen molar-refractivity contribution in [3.05, 3.63) is 58.8 Å². The van der Waals surface area contributed by atoms with Crippen molar-refractivity contribution in [2.45, 2.75) is 123 Å². The van der Waals surface area contributed by atoms with Crippen LogP contribution in [0.2, 0.25) is 0 Å². The summed E-state index contributed by atoms with van der Waals surface area (Å²) in [6.45, 7) is 19.7. The number of esters is 1. The molecule has 2 amide bonds. The molecule has 400 valence electrons. The van der Waals surface area contributed by atoms with E-state index in [9.17, 15) is 24.0 Å². The van der Waals surface area contributed by atoms with Gasteiger partial charge in [-0.05, 0) is 105 Å². The highest BCUT2D eigenvalue weighted by Gasteiger charge is 2.63. The Hall–Kier alpha value is -5.09. The first-order valence-electron chi connectivity index (χ1n) is 26.8. The van der Waals surface area contributed by atoms with Crippen molar-refractivity contribution >= 4 is 57.7 Å². The number of likely N-dealkylation sites (N-methyl/N-ethyl adjacent to an activating group) is 1. The van der Waals surface area contributed by atoms with Gasteiger partial charge in [-0.2, -0.15) is 0 Å². The molecule has 5 heterocycles. The van der Waals surface area contributed by atoms with Gasteiger partial charge in [0.05, 0.1) is 49.7 Å². The lowest BCUT2D eigenvalue weighted by atomic mass is 9.67. The first-order valence-corrected chi connectivity index (χ1v) is 27.7. The van der Waals surface area contributed by atoms with E-state index in [2.05, 4.69) is 84.1 Å². The smallest absolute Gasteiger partial charge is 0.324 e. The highest BCUT2D eigenvalue weighted by atomic mass is 32.2. The number of aryl methyl sites for hydroxylation is 1. The van der Waals surface area contributed by atoms with Gasteiger partial charge in [-0.3, -0.25) is 39.3 Å². The number of benzene rings is 1. The minimum Gasteiger partial charge on any atom is -0.464 e. The van der Waals surface area contributed by atoms with Crippen molar-refractivity contribution in [1.29, 1.82) is 0 Å². The molecule has 8 rings (SSSR count). The number of morpholine rings is 1. The van der Waals surface area contributed by atoms with E-state index >= 15 is 0 Å². The number of hydrogen-bond acceptors (Lipinski definition) is 14. The zero-order valence-electron chi connectivity index (χ0n) is 45.0. The lowest BCUT2D eigenvalue weighted by Gasteiger charge is -2.42. The molecule has 2 aliphatic carbocycles. The Morgan fingerprint density at radius 2 is 1.88 bits per heavy atom. The van der Waals surface area contributed by atoms with Crippen LogP contribution >= 0.6 is 11.8 Å². The van der Waals surface area contributed by atoms with Crippen LogP contribution in [0.5, 0.6) is 0 Å². The van der Waals surface area contributed by atoms with Gasteiger partial charge in [0.1, 0.15) is 17.9 Å². The number of aromatic nitrogens is 2. The maximum atomic E-state index is 14.6. The maximum Gasteiger partial charge on any atom is 0.324 e. The molecule has 0 spiro atoms. The Labute approximate surface area is 441 Å². The van der Waals surface area contributed by atoms with Crippen LogP contribution in [0.1, 0.15) is 116 Å². The number of nitrogens with zero attached hydrogens (tertiary/aromatic N) is 5. The standard InChI is InChI=1S/C57H78N8O8S/c1-10-39(30-57(36(5)66)31-42(57)52(68)50(35(3)4)62(8)54(69)38-20-24-64(32-38)46(67)17-14-23-63-25-27-72-28-26-63)74-33-43(58)37-18-19-45-41(29-37)47-48(56(6,7)34-73-55(70)44-16-13-22-60-61-44)53(71-9)49-40(15-12-21-59-49)51(47)65(45)11-2/h12,15,18-19,21,29,33,35,38-39,42,44,48,50,53,60-61H,10-11,13,16,20,22-28,30-32,34,58H2,1-9H3/b43-33-/t38-,39?,42?,44-,48?,50-,53-,57?/m0/s1. The molecule has 8 atom stereocenters. The van der Waals surface area contributed by atoms with Gasteiger partial charge in [-0.15, -0.1) is 11.8 Å². The van der Waals surface area contributed by atoms with E-state index in [-0.39, 0.29) is 59.6 Å². The van der Waals surface area contributed by atoms with Crippen LogP contribution in [0.15, 0.2) is 41.9 Å². The summed E-state index contributed by atoms with van der Waals surface area (Å²) in [5.74, 6) is 3.55. The molecule has 3 saturated heterocycles. The van der Waals surface area contributed by atoms with Gasteiger partial charge < -0.3 is 34.3 Å². The topological polar surface area (TPSA) is 191 Å². The van der Waals surface area contributed by atoms with Gasteiger partial charge in [0, 0.05) is 110 Å². The van der Waals surface area contributed by atoms with Crippen LogP contribution in [-0.4, -0.2) is 144 Å². The fourth-order valence-corrected chi connectivity index (χ4v) is 13.2. The maximum absolute atomic E-state index is 14.6. The Morgan fingerprint density at radius 3 is 2.55 bits per heavy atom. The number of carbonyl (C=O) groups is 5. The number of amides is 2. The third kappa shape index (κ3) is 11.2. The second-order valence-electron chi connectivity index (χ2n) is 22.1. The number of fused-ring (bicyclic) bond motifs is 5. The fourth-order valence-electron chi connectivity index (χ4n) is 12.2. The third-order valence-corrected chi connectivity index (χ3v) is 17.7. The lowest BCUT2D eigenvalue weighted by Crippen LogP contribution is -2.51. The average Bonchev–Trinajstić information content (AvgIpc) is 3.76. The number of ether oxygens (including phenoxy) is 3. The minimum atomic E-state index is -0.828. The Morgan fingerprint density at radius 1 is 1.11 bits per heavy atom. The lowest BCUT2D eigenvalue weighted by molar-refractivity contribution is -0.151. The van der Waals surface area contributed by atoms with E-state index in [1.807, 2.05) is 25.3 Å². The number of hydrogen-bond donors (Lipinski definition) is 3. The number of nitrogens with one attached hydrogen (secondary N) is 2. The van der Waals surface area contributed by atoms with Gasteiger partial charge in [0.15, 0.2) is 5.78 Å². The summed E-state index contributed by atoms with van der Waals surface area (Å²) in [5, 5.41) is 3.00. The van der Waals surface area contributed by atoms with Crippen molar-refractivity contribution in [2.75, 3.05) is 73.2 Å². The molecule has 5 aliphatic rings. The van der Waals surface area contributed by atoms with Crippen molar-refractivity contribution in [3.63, 3.8) is 0 Å². The monoisotopic (exact) mass is 1030 g/mol. The Bertz CT molecular complexity index is 2680. The molecular weight excluding hydrogens is 957 g/mol. The molecule has 0 radical (unpaired) electrons. The quantitative estimate of drug-likeness (QED) is 0.0893. The van der Waals surface area contributed by atoms with E-state index in [1.165, 1.54) is 0 Å². The van der Waals surface area contributed by atoms with Gasteiger partial charge in [-0.1, -0.05) is 46.6 Å². The summed E-state index contributed by atoms with van der Waals surface area (Å²) in [4.78, 5) is 79.0. The molecular formula is C57H78N8O8S. The number of thioether (sulfide) groups is 1. The van der Waals surface area contributed by atoms with Crippen LogP contribution < -0.4 is 16.6 Å². The summed E-state index contributed by atoms with van der Waals surface area (Å²) in [6, 6.07) is 9.28. The number of likely N-dealkylation sites (tertiary alicyclic amines) is 1. The first-order chi connectivity index (χ1) is 35.5. The number of carbonyl (C=O) groups excluding carboxylic acids is 5. The summed E-state index contributed by atoms with van der Waals surface area (Å²) in [7, 11) is 3.41. The highest BCUT2D eigenvalue weighted by molar-refractivity contribution is 8.02. The molecule has 2 aromatic heterocycles. The van der Waals surface area contributed by atoms with Crippen molar-refractivity contribution < 1.29 is 38.2 Å². The number of Topliss-reactive ketones (excluding diaryl/α,β-unsaturated/α-hetero) is 2. The molecule has 3 aromatic rings. The number of pyridine rings is 1. The number of hydrazine groups is 1. The average molecular weight is 1040 g/mol. The molecule has 4 unspecified atom stereocenters. The second-order valence-corrected chi connectivity index (χ2v) is 23.2. The zero-order valence-corrected chi connectivity index (χ0v) is 45.8. The summed E-state index contributed by atoms with van der Waals surface area (Å²) in [5.41, 5.74) is 18.3. The van der Waals surface area contributed by atoms with Crippen LogP contribution in [0.25, 0.3) is 27.9 Å². The highest BCUT2D eigenvalue weighted by Crippen LogP contribution is 2.60. The zero-order chi connectivity index (χ0) is 53.1. The summed E-state index contributed by atoms with van der Waals surface area (Å²) < 4.78 is 20.2. The Balaban J connectivity index is 0.979. The second kappa shape index (κ2) is 23.4. The first kappa shape index (κ1) is 55.2. The molecule has 0 bridgehead atoms. The van der Waals surface area contributed by atoms with Gasteiger partial charge in [0.2, 0.25) is 5.91 Å². The number of nitrogens with two attached hydrogens (primary N) is 1. The van der Waals surface area contributed by atoms with Gasteiger partial charge in [-0.25, -0.2) is 5.43 Å². The molecule has 1 aromatic carbocycles. The summed E-state index contributed by atoms with van der Waals surface area (Å²) >= 11 is 1.59. The van der Waals surface area contributed by atoms with Crippen LogP contribution in [0.4, 0.5) is 0 Å². The predicted octanol–water partition coefficient (Wildman–Crippen LogP) is 6.32. The van der Waals surface area contributed by atoms with Crippen LogP contribution in [0, 0.1) is 40.4 Å². The number of rotatable bonds is 19. The van der Waals surface area contributed by atoms with E-state index in [1.54, 1.807) is 48.8 Å². The molecule has 1 saturated carbocycles. The van der Waals surface area contributed by atoms with Crippen LogP contribution in [0.3, 0.4) is 0 Å². The van der Waals surface area contributed by atoms with E-state index in [0.29, 0.717) is 64.2 Å². The fraction of sp³-hybridized carbons (Fsp3) is 0.614. The largest absolute Gasteiger partial charge is 0.464 e. The molecule has 74 heavy (non-hydrogen) atoms. The molecule has 4 N–H and O–H groups in total. The molecule has 16 nitrogen and oxygen atoms in total. The van der Waals surface area contributed by atoms with E-state index < -0.39 is 40.9 Å². The van der Waals surface area contributed by atoms with E-state index in [4.69, 9.17) is 24.9 Å². The van der Waals surface area contributed by atoms with E-state index in [0.717, 1.165) is 71.5 Å². The van der Waals surface area contributed by atoms with Gasteiger partial charge in [0.25, 0.3) is 5.91 Å². The number of ketones is 2. The summed E-state index contributed by atoms with van der Waals surface area (Å²) in [6.07, 6.45) is 5.16. The molecule has 4 fully saturated rings. The van der Waals surface area contributed by atoms with Crippen LogP contribution in [-0.2, 0) is 44.7 Å². The van der Waals surface area contributed by atoms with Crippen molar-refractivity contribution in [3.8, 4) is 23.1 Å². The normalized spacial score (nSPS) is 24.9. The Kier molecular flexibility index (Phi) is 17.5. The minimum absolute atomic E-state index is 0.0114. The van der Waals surface area contributed by atoms with Crippen molar-refractivity contribution in [1.82, 2.24) is 35.1 Å². The van der Waals surface area contributed by atoms with Gasteiger partial charge >= 0.3 is 5.97 Å². The predicted molar refractivity (Wildman–Crippen MR) is 288 cm³/mol. The molecule has 17 heteroatoms. The number of methoxy groups -OCH3 is 1. The molecule has 3 aliphatic heterocycles.